The van der Waals surface area contributed by atoms with Crippen LogP contribution in [0.2, 0.25) is 0 Å². The number of benzene rings is 3. The Morgan fingerprint density at radius 3 is 2.44 bits per heavy atom. The summed E-state index contributed by atoms with van der Waals surface area (Å²) in [6, 6.07) is 19.2. The normalized spacial score (nSPS) is 11.3. The fraction of sp³-hybridized carbons (Fsp3) is 0.0455. The van der Waals surface area contributed by atoms with Crippen molar-refractivity contribution in [2.75, 3.05) is 7.11 Å². The molecule has 0 aliphatic carbocycles. The minimum absolute atomic E-state index is 0.146. The summed E-state index contributed by atoms with van der Waals surface area (Å²) in [5, 5.41) is 2.71. The number of hydrogen-bond acceptors (Lipinski definition) is 4. The highest BCUT2D eigenvalue weighted by atomic mass is 16.5. The lowest BCUT2D eigenvalue weighted by Crippen LogP contribution is -2.06. The van der Waals surface area contributed by atoms with Gasteiger partial charge in [0.25, 0.3) is 0 Å². The molecule has 0 saturated heterocycles. The molecule has 2 heterocycles. The number of fused-ring (bicyclic) bond motifs is 4. The molecule has 0 bridgehead atoms. The number of carbonyl (C=O) groups is 1. The molecule has 3 aromatic carbocycles. The van der Waals surface area contributed by atoms with Crippen molar-refractivity contribution in [3.63, 3.8) is 0 Å². The third-order valence-electron chi connectivity index (χ3n) is 4.85. The Balaban J connectivity index is 1.77. The van der Waals surface area contributed by atoms with Crippen LogP contribution in [0.25, 0.3) is 32.7 Å². The minimum Gasteiger partial charge on any atom is -0.496 e. The molecule has 1 N–H and O–H groups in total. The van der Waals surface area contributed by atoms with Crippen LogP contribution in [0.3, 0.4) is 0 Å². The average Bonchev–Trinajstić information content (AvgIpc) is 3.11. The average molecular weight is 353 g/mol. The van der Waals surface area contributed by atoms with Gasteiger partial charge in [0.15, 0.2) is 0 Å². The second-order valence-electron chi connectivity index (χ2n) is 6.31. The first-order chi connectivity index (χ1) is 13.3. The topological polar surface area (TPSA) is 67.9 Å². The number of ketones is 1. The fourth-order valence-corrected chi connectivity index (χ4v) is 3.59. The Hall–Kier alpha value is -3.73. The van der Waals surface area contributed by atoms with Crippen molar-refractivity contribution in [1.82, 2.24) is 15.0 Å². The number of H-pyrrole nitrogens is 1. The van der Waals surface area contributed by atoms with Gasteiger partial charge in [-0.2, -0.15) is 0 Å². The van der Waals surface area contributed by atoms with E-state index >= 15 is 0 Å². The molecule has 0 spiro atoms. The number of rotatable bonds is 3. The van der Waals surface area contributed by atoms with Crippen molar-refractivity contribution < 1.29 is 9.53 Å². The van der Waals surface area contributed by atoms with Crippen LogP contribution in [0.15, 0.2) is 67.0 Å². The number of nitrogens with zero attached hydrogens (tertiary/aromatic N) is 2. The Bertz CT molecular complexity index is 1340. The molecular weight excluding hydrogens is 338 g/mol. The lowest BCUT2D eigenvalue weighted by Gasteiger charge is -2.10. The van der Waals surface area contributed by atoms with E-state index in [1.165, 1.54) is 6.33 Å². The van der Waals surface area contributed by atoms with Crippen molar-refractivity contribution in [3.8, 4) is 5.75 Å². The number of aromatic amines is 1. The quantitative estimate of drug-likeness (QED) is 0.485. The first kappa shape index (κ1) is 15.5. The Labute approximate surface area is 154 Å². The van der Waals surface area contributed by atoms with Crippen molar-refractivity contribution in [2.45, 2.75) is 0 Å². The molecule has 5 aromatic rings. The Morgan fingerprint density at radius 2 is 1.63 bits per heavy atom. The van der Waals surface area contributed by atoms with Crippen molar-refractivity contribution >= 4 is 38.5 Å². The van der Waals surface area contributed by atoms with Gasteiger partial charge < -0.3 is 9.72 Å². The molecule has 0 aliphatic rings. The second-order valence-corrected chi connectivity index (χ2v) is 6.31. The summed E-state index contributed by atoms with van der Waals surface area (Å²) < 4.78 is 5.43. The monoisotopic (exact) mass is 353 g/mol. The van der Waals surface area contributed by atoms with E-state index in [0.29, 0.717) is 16.8 Å². The van der Waals surface area contributed by atoms with Gasteiger partial charge in [0.1, 0.15) is 17.8 Å². The number of aromatic nitrogens is 3. The molecule has 0 unspecified atom stereocenters. The molecule has 0 saturated carbocycles. The van der Waals surface area contributed by atoms with Gasteiger partial charge in [-0.05, 0) is 23.6 Å². The van der Waals surface area contributed by atoms with Crippen LogP contribution < -0.4 is 4.74 Å². The summed E-state index contributed by atoms with van der Waals surface area (Å²) in [6.45, 7) is 0. The summed E-state index contributed by atoms with van der Waals surface area (Å²) in [7, 11) is 1.63. The van der Waals surface area contributed by atoms with E-state index in [9.17, 15) is 4.79 Å². The number of carbonyl (C=O) groups excluding carboxylic acids is 1. The van der Waals surface area contributed by atoms with E-state index in [1.807, 2.05) is 54.6 Å². The van der Waals surface area contributed by atoms with E-state index in [1.54, 1.807) is 13.2 Å². The number of methoxy groups -OCH3 is 1. The van der Waals surface area contributed by atoms with Gasteiger partial charge in [0.2, 0.25) is 5.78 Å². The number of nitrogens with one attached hydrogen (secondary N) is 1. The molecule has 0 aliphatic heterocycles. The highest BCUT2D eigenvalue weighted by Gasteiger charge is 2.20. The summed E-state index contributed by atoms with van der Waals surface area (Å²) >= 11 is 0. The highest BCUT2D eigenvalue weighted by Crippen LogP contribution is 2.31. The van der Waals surface area contributed by atoms with Crippen LogP contribution in [-0.4, -0.2) is 27.8 Å². The molecule has 2 aromatic heterocycles. The minimum atomic E-state index is -0.146. The van der Waals surface area contributed by atoms with Gasteiger partial charge in [0, 0.05) is 21.9 Å². The molecular formula is C22H15N3O2. The first-order valence-electron chi connectivity index (χ1n) is 8.60. The third-order valence-corrected chi connectivity index (χ3v) is 4.85. The molecule has 0 radical (unpaired) electrons. The van der Waals surface area contributed by atoms with Gasteiger partial charge >= 0.3 is 0 Å². The van der Waals surface area contributed by atoms with Gasteiger partial charge in [0.05, 0.1) is 18.1 Å². The van der Waals surface area contributed by atoms with E-state index in [4.69, 9.17) is 4.74 Å². The summed E-state index contributed by atoms with van der Waals surface area (Å²) in [5.41, 5.74) is 3.29. The maximum absolute atomic E-state index is 13.4. The molecule has 0 atom stereocenters. The standard InChI is InChI=1S/C22H15N3O2/c1-27-18-11-10-15(13-6-2-3-7-14(13)18)22(26)21-20-19(23-12-24-21)16-8-4-5-9-17(16)25-20/h2-12,25H,1H3. The maximum atomic E-state index is 13.4. The second kappa shape index (κ2) is 5.92. The summed E-state index contributed by atoms with van der Waals surface area (Å²) in [5.74, 6) is 0.591. The summed E-state index contributed by atoms with van der Waals surface area (Å²) in [4.78, 5) is 25.4. The molecule has 5 heteroatoms. The largest absolute Gasteiger partial charge is 0.496 e. The molecule has 5 nitrogen and oxygen atoms in total. The van der Waals surface area contributed by atoms with E-state index < -0.39 is 0 Å². The molecule has 27 heavy (non-hydrogen) atoms. The Kier molecular flexibility index (Phi) is 3.40. The zero-order chi connectivity index (χ0) is 18.4. The van der Waals surface area contributed by atoms with Gasteiger partial charge in [-0.15, -0.1) is 0 Å². The predicted molar refractivity (Wildman–Crippen MR) is 105 cm³/mol. The molecule has 5 rings (SSSR count). The SMILES string of the molecule is COc1ccc(C(=O)c2ncnc3c2[nH]c2ccccc23)c2ccccc12. The number of hydrogen-bond donors (Lipinski definition) is 1. The molecule has 0 fully saturated rings. The van der Waals surface area contributed by atoms with Crippen LogP contribution >= 0.6 is 0 Å². The molecule has 0 amide bonds. The van der Waals surface area contributed by atoms with Crippen molar-refractivity contribution in [2.24, 2.45) is 0 Å². The van der Waals surface area contributed by atoms with Gasteiger partial charge in [-0.25, -0.2) is 9.97 Å². The fourth-order valence-electron chi connectivity index (χ4n) is 3.59. The zero-order valence-corrected chi connectivity index (χ0v) is 14.6. The molecule has 130 valence electrons. The van der Waals surface area contributed by atoms with E-state index in [-0.39, 0.29) is 5.78 Å². The first-order valence-corrected chi connectivity index (χ1v) is 8.60. The maximum Gasteiger partial charge on any atom is 0.214 e. The predicted octanol–water partition coefficient (Wildman–Crippen LogP) is 4.50. The van der Waals surface area contributed by atoms with Crippen LogP contribution in [-0.2, 0) is 0 Å². The van der Waals surface area contributed by atoms with Crippen molar-refractivity contribution in [3.05, 3.63) is 78.2 Å². The number of para-hydroxylation sites is 1. The lowest BCUT2D eigenvalue weighted by molar-refractivity contribution is 0.103. The van der Waals surface area contributed by atoms with Crippen molar-refractivity contribution in [1.29, 1.82) is 0 Å². The van der Waals surface area contributed by atoms with Gasteiger partial charge in [-0.1, -0.05) is 42.5 Å². The van der Waals surface area contributed by atoms with Crippen LogP contribution in [0.1, 0.15) is 16.1 Å². The van der Waals surface area contributed by atoms with Gasteiger partial charge in [-0.3, -0.25) is 4.79 Å². The zero-order valence-electron chi connectivity index (χ0n) is 14.6. The smallest absolute Gasteiger partial charge is 0.214 e. The van der Waals surface area contributed by atoms with Crippen LogP contribution in [0.4, 0.5) is 0 Å². The summed E-state index contributed by atoms with van der Waals surface area (Å²) in [6.07, 6.45) is 1.45. The van der Waals surface area contributed by atoms with Crippen LogP contribution in [0, 0.1) is 0 Å². The van der Waals surface area contributed by atoms with Crippen LogP contribution in [0.5, 0.6) is 5.75 Å². The van der Waals surface area contributed by atoms with E-state index in [2.05, 4.69) is 15.0 Å². The highest BCUT2D eigenvalue weighted by molar-refractivity contribution is 6.22. The van der Waals surface area contributed by atoms with E-state index in [0.717, 1.165) is 32.9 Å². The Morgan fingerprint density at radius 1 is 0.889 bits per heavy atom. The number of ether oxygens (including phenoxy) is 1. The third kappa shape index (κ3) is 2.29. The lowest BCUT2D eigenvalue weighted by atomic mass is 9.98.